The molecule has 0 spiro atoms. The molecule has 1 rings (SSSR count). The van der Waals surface area contributed by atoms with Crippen molar-refractivity contribution in [3.05, 3.63) is 17.7 Å². The van der Waals surface area contributed by atoms with Gasteiger partial charge in [0.05, 0.1) is 12.8 Å². The summed E-state index contributed by atoms with van der Waals surface area (Å²) < 4.78 is 4.95. The van der Waals surface area contributed by atoms with E-state index < -0.39 is 0 Å². The Kier molecular flexibility index (Phi) is 3.59. The fourth-order valence-corrected chi connectivity index (χ4v) is 1.27. The van der Waals surface area contributed by atoms with E-state index in [9.17, 15) is 5.11 Å². The van der Waals surface area contributed by atoms with Crippen LogP contribution in [0.15, 0.2) is 12.1 Å². The number of aryl methyl sites for hydroxylation is 1. The molecule has 0 bridgehead atoms. The zero-order chi connectivity index (χ0) is 10.6. The Morgan fingerprint density at radius 2 is 2.14 bits per heavy atom. The number of hydrogen-bond donors (Lipinski definition) is 3. The van der Waals surface area contributed by atoms with Gasteiger partial charge in [-0.2, -0.15) is 0 Å². The monoisotopic (exact) mass is 197 g/mol. The van der Waals surface area contributed by atoms with Gasteiger partial charge in [0.25, 0.3) is 0 Å². The van der Waals surface area contributed by atoms with Crippen LogP contribution in [0.25, 0.3) is 0 Å². The fourth-order valence-electron chi connectivity index (χ4n) is 1.27. The minimum atomic E-state index is -0.0275. The number of phenolic OH excluding ortho intramolecular Hbond substituents is 1. The molecule has 78 valence electrons. The van der Waals surface area contributed by atoms with Crippen molar-refractivity contribution < 1.29 is 14.9 Å². The van der Waals surface area contributed by atoms with Crippen molar-refractivity contribution in [2.45, 2.75) is 12.8 Å². The normalized spacial score (nSPS) is 10.1. The van der Waals surface area contributed by atoms with Crippen LogP contribution >= 0.6 is 0 Å². The molecule has 0 aromatic heterocycles. The van der Waals surface area contributed by atoms with E-state index in [2.05, 4.69) is 0 Å². The third kappa shape index (κ3) is 2.29. The Morgan fingerprint density at radius 3 is 2.71 bits per heavy atom. The maximum atomic E-state index is 9.45. The number of anilines is 1. The van der Waals surface area contributed by atoms with Gasteiger partial charge in [-0.3, -0.25) is 0 Å². The lowest BCUT2D eigenvalue weighted by atomic mass is 10.1. The van der Waals surface area contributed by atoms with Gasteiger partial charge in [-0.05, 0) is 30.5 Å². The van der Waals surface area contributed by atoms with Gasteiger partial charge in [0.15, 0.2) is 11.5 Å². The van der Waals surface area contributed by atoms with Crippen LogP contribution in [0.1, 0.15) is 12.0 Å². The Labute approximate surface area is 82.9 Å². The van der Waals surface area contributed by atoms with E-state index >= 15 is 0 Å². The molecule has 0 fully saturated rings. The van der Waals surface area contributed by atoms with Crippen LogP contribution in [-0.4, -0.2) is 23.9 Å². The molecule has 1 aromatic carbocycles. The molecule has 0 heterocycles. The number of aliphatic hydroxyl groups excluding tert-OH is 1. The Morgan fingerprint density at radius 1 is 1.43 bits per heavy atom. The number of ether oxygens (including phenoxy) is 1. The van der Waals surface area contributed by atoms with Crippen LogP contribution in [0.5, 0.6) is 11.5 Å². The molecule has 1 aromatic rings. The summed E-state index contributed by atoms with van der Waals surface area (Å²) in [5, 5.41) is 18.1. The van der Waals surface area contributed by atoms with E-state index in [1.807, 2.05) is 0 Å². The lowest BCUT2D eigenvalue weighted by Crippen LogP contribution is -1.95. The lowest BCUT2D eigenvalue weighted by molar-refractivity contribution is 0.288. The summed E-state index contributed by atoms with van der Waals surface area (Å²) in [5.41, 5.74) is 6.83. The Balaban J connectivity index is 2.91. The molecule has 0 aliphatic rings. The van der Waals surface area contributed by atoms with E-state index in [1.54, 1.807) is 12.1 Å². The highest BCUT2D eigenvalue weighted by atomic mass is 16.5. The van der Waals surface area contributed by atoms with Crippen molar-refractivity contribution in [3.63, 3.8) is 0 Å². The standard InChI is InChI=1S/C10H15NO3/c1-14-9-6-7(3-2-4-12)5-8(11)10(9)13/h5-6,12-13H,2-4,11H2,1H3. The molecule has 4 heteroatoms. The van der Waals surface area contributed by atoms with Gasteiger partial charge in [0.1, 0.15) is 0 Å². The van der Waals surface area contributed by atoms with Gasteiger partial charge in [-0.25, -0.2) is 0 Å². The first-order chi connectivity index (χ1) is 6.69. The van der Waals surface area contributed by atoms with Crippen LogP contribution in [0, 0.1) is 0 Å². The zero-order valence-corrected chi connectivity index (χ0v) is 8.16. The van der Waals surface area contributed by atoms with Crippen molar-refractivity contribution in [2.75, 3.05) is 19.5 Å². The van der Waals surface area contributed by atoms with Crippen LogP contribution in [0.4, 0.5) is 5.69 Å². The minimum Gasteiger partial charge on any atom is -0.503 e. The predicted molar refractivity (Wildman–Crippen MR) is 54.5 cm³/mol. The maximum absolute atomic E-state index is 9.45. The highest BCUT2D eigenvalue weighted by Gasteiger charge is 2.07. The van der Waals surface area contributed by atoms with Gasteiger partial charge in [0, 0.05) is 6.61 Å². The molecule has 0 unspecified atom stereocenters. The third-order valence-electron chi connectivity index (χ3n) is 2.01. The molecular formula is C10H15NO3. The minimum absolute atomic E-state index is 0.0275. The summed E-state index contributed by atoms with van der Waals surface area (Å²) in [6.45, 7) is 0.142. The largest absolute Gasteiger partial charge is 0.503 e. The number of nitrogen functional groups attached to an aromatic ring is 1. The van der Waals surface area contributed by atoms with E-state index in [4.69, 9.17) is 15.6 Å². The molecule has 14 heavy (non-hydrogen) atoms. The van der Waals surface area contributed by atoms with Crippen LogP contribution < -0.4 is 10.5 Å². The molecule has 4 N–H and O–H groups in total. The first-order valence-corrected chi connectivity index (χ1v) is 4.45. The van der Waals surface area contributed by atoms with Gasteiger partial charge >= 0.3 is 0 Å². The first kappa shape index (κ1) is 10.7. The van der Waals surface area contributed by atoms with E-state index in [1.165, 1.54) is 7.11 Å². The Bertz CT molecular complexity index is 312. The van der Waals surface area contributed by atoms with Gasteiger partial charge < -0.3 is 20.7 Å². The predicted octanol–water partition coefficient (Wildman–Crippen LogP) is 0.908. The second-order valence-corrected chi connectivity index (χ2v) is 3.06. The number of rotatable bonds is 4. The second-order valence-electron chi connectivity index (χ2n) is 3.06. The highest BCUT2D eigenvalue weighted by molar-refractivity contribution is 5.61. The highest BCUT2D eigenvalue weighted by Crippen LogP contribution is 2.33. The molecule has 0 radical (unpaired) electrons. The quantitative estimate of drug-likeness (QED) is 0.495. The summed E-state index contributed by atoms with van der Waals surface area (Å²) in [6, 6.07) is 3.41. The average Bonchev–Trinajstić information content (AvgIpc) is 2.19. The van der Waals surface area contributed by atoms with Gasteiger partial charge in [-0.15, -0.1) is 0 Å². The summed E-state index contributed by atoms with van der Waals surface area (Å²) in [6.07, 6.45) is 1.39. The third-order valence-corrected chi connectivity index (χ3v) is 2.01. The van der Waals surface area contributed by atoms with Crippen LogP contribution in [0.3, 0.4) is 0 Å². The van der Waals surface area contributed by atoms with Crippen molar-refractivity contribution in [1.29, 1.82) is 0 Å². The topological polar surface area (TPSA) is 75.7 Å². The lowest BCUT2D eigenvalue weighted by Gasteiger charge is -2.08. The van der Waals surface area contributed by atoms with Gasteiger partial charge in [0.2, 0.25) is 0 Å². The number of hydrogen-bond acceptors (Lipinski definition) is 4. The van der Waals surface area contributed by atoms with E-state index in [-0.39, 0.29) is 12.4 Å². The molecule has 0 atom stereocenters. The van der Waals surface area contributed by atoms with Crippen molar-refractivity contribution in [3.8, 4) is 11.5 Å². The fraction of sp³-hybridized carbons (Fsp3) is 0.400. The molecular weight excluding hydrogens is 182 g/mol. The summed E-state index contributed by atoms with van der Waals surface area (Å²) in [5.74, 6) is 0.346. The summed E-state index contributed by atoms with van der Waals surface area (Å²) in [7, 11) is 1.48. The Hall–Kier alpha value is -1.42. The number of aromatic hydroxyl groups is 1. The van der Waals surface area contributed by atoms with E-state index in [0.29, 0.717) is 17.9 Å². The van der Waals surface area contributed by atoms with Gasteiger partial charge in [-0.1, -0.05) is 0 Å². The number of phenols is 1. The molecule has 4 nitrogen and oxygen atoms in total. The molecule has 0 saturated carbocycles. The number of benzene rings is 1. The van der Waals surface area contributed by atoms with Crippen molar-refractivity contribution in [1.82, 2.24) is 0 Å². The molecule has 0 amide bonds. The molecule has 0 aliphatic heterocycles. The average molecular weight is 197 g/mol. The zero-order valence-electron chi connectivity index (χ0n) is 8.16. The smallest absolute Gasteiger partial charge is 0.181 e. The summed E-state index contributed by atoms with van der Waals surface area (Å²) >= 11 is 0. The first-order valence-electron chi connectivity index (χ1n) is 4.45. The van der Waals surface area contributed by atoms with Crippen molar-refractivity contribution in [2.24, 2.45) is 0 Å². The number of methoxy groups -OCH3 is 1. The van der Waals surface area contributed by atoms with Crippen molar-refractivity contribution >= 4 is 5.69 Å². The van der Waals surface area contributed by atoms with Crippen LogP contribution in [0.2, 0.25) is 0 Å². The van der Waals surface area contributed by atoms with Crippen LogP contribution in [-0.2, 0) is 6.42 Å². The maximum Gasteiger partial charge on any atom is 0.181 e. The SMILES string of the molecule is COc1cc(CCCO)cc(N)c1O. The number of nitrogens with two attached hydrogens (primary N) is 1. The number of aliphatic hydroxyl groups is 1. The molecule has 0 saturated heterocycles. The van der Waals surface area contributed by atoms with E-state index in [0.717, 1.165) is 12.0 Å². The summed E-state index contributed by atoms with van der Waals surface area (Å²) in [4.78, 5) is 0. The molecule has 0 aliphatic carbocycles. The second kappa shape index (κ2) is 4.72.